The number of tetrazole rings is 1. The average molecular weight is 335 g/mol. The topological polar surface area (TPSA) is 61.4 Å². The number of thioether (sulfide) groups is 1. The van der Waals surface area contributed by atoms with Crippen LogP contribution in [0.4, 0.5) is 0 Å². The van der Waals surface area contributed by atoms with Gasteiger partial charge in [0.05, 0.1) is 5.75 Å². The van der Waals surface area contributed by atoms with Crippen molar-refractivity contribution in [3.8, 4) is 5.69 Å². The molecular formula is C14H15ClN6S. The lowest BCUT2D eigenvalue weighted by molar-refractivity contribution is 0.564. The summed E-state index contributed by atoms with van der Waals surface area (Å²) in [5.74, 6) is 1.53. The van der Waals surface area contributed by atoms with Crippen LogP contribution in [0.15, 0.2) is 41.8 Å². The predicted molar refractivity (Wildman–Crippen MR) is 86.2 cm³/mol. The lowest BCUT2D eigenvalue weighted by Gasteiger charge is -2.07. The number of rotatable bonds is 6. The quantitative estimate of drug-likeness (QED) is 0.648. The molecule has 0 fully saturated rings. The molecule has 0 saturated carbocycles. The molecule has 0 N–H and O–H groups in total. The molecule has 0 spiro atoms. The molecule has 8 heteroatoms. The third-order valence-electron chi connectivity index (χ3n) is 3.07. The molecule has 2 aromatic heterocycles. The summed E-state index contributed by atoms with van der Waals surface area (Å²) in [5, 5.41) is 13.4. The summed E-state index contributed by atoms with van der Waals surface area (Å²) < 4.78 is 3.84. The summed E-state index contributed by atoms with van der Waals surface area (Å²) in [6, 6.07) is 7.69. The van der Waals surface area contributed by atoms with Crippen molar-refractivity contribution in [3.05, 3.63) is 47.5 Å². The van der Waals surface area contributed by atoms with Crippen molar-refractivity contribution in [3.63, 3.8) is 0 Å². The van der Waals surface area contributed by atoms with Gasteiger partial charge in [0.15, 0.2) is 11.0 Å². The van der Waals surface area contributed by atoms with E-state index in [0.29, 0.717) is 10.8 Å². The summed E-state index contributed by atoms with van der Waals surface area (Å²) >= 11 is 7.66. The molecule has 0 unspecified atom stereocenters. The SMILES string of the molecule is CCCn1nnnc1CSc1nccn1-c1cccc(Cl)c1. The van der Waals surface area contributed by atoms with Crippen LogP contribution in [0.25, 0.3) is 5.69 Å². The Labute approximate surface area is 137 Å². The fourth-order valence-corrected chi connectivity index (χ4v) is 3.15. The largest absolute Gasteiger partial charge is 0.295 e. The van der Waals surface area contributed by atoms with Crippen molar-refractivity contribution in [1.29, 1.82) is 0 Å². The van der Waals surface area contributed by atoms with Crippen LogP contribution in [-0.4, -0.2) is 29.8 Å². The number of halogens is 1. The zero-order valence-electron chi connectivity index (χ0n) is 12.1. The maximum atomic E-state index is 6.06. The molecule has 0 saturated heterocycles. The first-order valence-corrected chi connectivity index (χ1v) is 8.31. The zero-order valence-corrected chi connectivity index (χ0v) is 13.6. The Morgan fingerprint density at radius 1 is 1.32 bits per heavy atom. The number of aryl methyl sites for hydroxylation is 1. The first-order valence-electron chi connectivity index (χ1n) is 6.95. The molecule has 0 aliphatic rings. The standard InChI is InChI=1S/C14H15ClN6S/c1-2-7-21-13(17-18-19-21)10-22-14-16-6-8-20(14)12-5-3-4-11(15)9-12/h3-6,8-9H,2,7,10H2,1H3. The van der Waals surface area contributed by atoms with Crippen LogP contribution in [0, 0.1) is 0 Å². The van der Waals surface area contributed by atoms with E-state index >= 15 is 0 Å². The second-order valence-electron chi connectivity index (χ2n) is 4.67. The molecule has 0 atom stereocenters. The van der Waals surface area contributed by atoms with E-state index in [9.17, 15) is 0 Å². The summed E-state index contributed by atoms with van der Waals surface area (Å²) in [5.41, 5.74) is 0.987. The zero-order chi connectivity index (χ0) is 15.4. The van der Waals surface area contributed by atoms with Crippen molar-refractivity contribution < 1.29 is 0 Å². The summed E-state index contributed by atoms with van der Waals surface area (Å²) in [7, 11) is 0. The Hall–Kier alpha value is -1.86. The van der Waals surface area contributed by atoms with Crippen molar-refractivity contribution in [1.82, 2.24) is 29.8 Å². The molecule has 0 radical (unpaired) electrons. The van der Waals surface area contributed by atoms with Crippen LogP contribution < -0.4 is 0 Å². The van der Waals surface area contributed by atoms with E-state index in [0.717, 1.165) is 29.6 Å². The lowest BCUT2D eigenvalue weighted by atomic mass is 10.3. The van der Waals surface area contributed by atoms with Gasteiger partial charge in [0.2, 0.25) is 0 Å². The Balaban J connectivity index is 1.77. The number of hydrogen-bond acceptors (Lipinski definition) is 5. The van der Waals surface area contributed by atoms with Crippen molar-refractivity contribution in [2.75, 3.05) is 0 Å². The fraction of sp³-hybridized carbons (Fsp3) is 0.286. The van der Waals surface area contributed by atoms with Gasteiger partial charge >= 0.3 is 0 Å². The van der Waals surface area contributed by atoms with Gasteiger partial charge in [-0.15, -0.1) is 5.10 Å². The second-order valence-corrected chi connectivity index (χ2v) is 6.05. The van der Waals surface area contributed by atoms with Crippen LogP contribution in [0.3, 0.4) is 0 Å². The molecule has 0 amide bonds. The van der Waals surface area contributed by atoms with Gasteiger partial charge in [-0.3, -0.25) is 4.57 Å². The van der Waals surface area contributed by atoms with Gasteiger partial charge in [-0.05, 0) is 35.0 Å². The fourth-order valence-electron chi connectivity index (χ4n) is 2.06. The normalized spacial score (nSPS) is 11.0. The van der Waals surface area contributed by atoms with Crippen molar-refractivity contribution >= 4 is 23.4 Å². The van der Waals surface area contributed by atoms with E-state index in [4.69, 9.17) is 11.6 Å². The maximum absolute atomic E-state index is 6.06. The van der Waals surface area contributed by atoms with Gasteiger partial charge in [0, 0.05) is 29.6 Å². The van der Waals surface area contributed by atoms with E-state index < -0.39 is 0 Å². The van der Waals surface area contributed by atoms with Crippen LogP contribution in [-0.2, 0) is 12.3 Å². The van der Waals surface area contributed by atoms with Gasteiger partial charge in [-0.25, -0.2) is 9.67 Å². The highest BCUT2D eigenvalue weighted by Gasteiger charge is 2.10. The first-order chi connectivity index (χ1) is 10.8. The smallest absolute Gasteiger partial charge is 0.173 e. The third kappa shape index (κ3) is 3.31. The van der Waals surface area contributed by atoms with E-state index in [1.165, 1.54) is 0 Å². The molecule has 6 nitrogen and oxygen atoms in total. The van der Waals surface area contributed by atoms with Crippen LogP contribution in [0.5, 0.6) is 0 Å². The minimum absolute atomic E-state index is 0.671. The van der Waals surface area contributed by atoms with E-state index in [1.54, 1.807) is 18.0 Å². The Bertz CT molecular complexity index is 753. The maximum Gasteiger partial charge on any atom is 0.173 e. The minimum Gasteiger partial charge on any atom is -0.295 e. The van der Waals surface area contributed by atoms with Gasteiger partial charge in [0.1, 0.15) is 0 Å². The van der Waals surface area contributed by atoms with Gasteiger partial charge in [0.25, 0.3) is 0 Å². The molecule has 1 aromatic carbocycles. The predicted octanol–water partition coefficient (Wildman–Crippen LogP) is 3.21. The molecule has 114 valence electrons. The minimum atomic E-state index is 0.671. The number of aromatic nitrogens is 6. The van der Waals surface area contributed by atoms with E-state index in [1.807, 2.05) is 39.7 Å². The van der Waals surface area contributed by atoms with E-state index in [-0.39, 0.29) is 0 Å². The molecule has 22 heavy (non-hydrogen) atoms. The Kier molecular flexibility index (Phi) is 4.74. The van der Waals surface area contributed by atoms with Gasteiger partial charge in [-0.2, -0.15) is 0 Å². The molecule has 0 aliphatic heterocycles. The Morgan fingerprint density at radius 2 is 2.23 bits per heavy atom. The summed E-state index contributed by atoms with van der Waals surface area (Å²) in [6.07, 6.45) is 4.70. The number of benzene rings is 1. The highest BCUT2D eigenvalue weighted by Crippen LogP contribution is 2.24. The average Bonchev–Trinajstić information content (AvgIpc) is 3.14. The molecule has 3 aromatic rings. The monoisotopic (exact) mass is 334 g/mol. The number of hydrogen-bond donors (Lipinski definition) is 0. The number of imidazole rings is 1. The highest BCUT2D eigenvalue weighted by molar-refractivity contribution is 7.98. The summed E-state index contributed by atoms with van der Waals surface area (Å²) in [6.45, 7) is 2.93. The molecule has 2 heterocycles. The van der Waals surface area contributed by atoms with Crippen LogP contribution >= 0.6 is 23.4 Å². The molecule has 0 aliphatic carbocycles. The van der Waals surface area contributed by atoms with E-state index in [2.05, 4.69) is 27.4 Å². The highest BCUT2D eigenvalue weighted by atomic mass is 35.5. The summed E-state index contributed by atoms with van der Waals surface area (Å²) in [4.78, 5) is 4.40. The van der Waals surface area contributed by atoms with Crippen molar-refractivity contribution in [2.24, 2.45) is 0 Å². The molecule has 0 bridgehead atoms. The Morgan fingerprint density at radius 3 is 3.05 bits per heavy atom. The van der Waals surface area contributed by atoms with Crippen molar-refractivity contribution in [2.45, 2.75) is 30.8 Å². The third-order valence-corrected chi connectivity index (χ3v) is 4.26. The van der Waals surface area contributed by atoms with Gasteiger partial charge < -0.3 is 0 Å². The lowest BCUT2D eigenvalue weighted by Crippen LogP contribution is -2.04. The molecular weight excluding hydrogens is 320 g/mol. The number of nitrogens with zero attached hydrogens (tertiary/aromatic N) is 6. The van der Waals surface area contributed by atoms with Crippen LogP contribution in [0.1, 0.15) is 19.2 Å². The molecule has 3 rings (SSSR count). The van der Waals surface area contributed by atoms with Gasteiger partial charge in [-0.1, -0.05) is 36.4 Å². The van der Waals surface area contributed by atoms with Crippen LogP contribution in [0.2, 0.25) is 5.02 Å². The first kappa shape index (κ1) is 15.1. The second kappa shape index (κ2) is 6.93.